The maximum atomic E-state index is 12.4. The molecule has 0 spiro atoms. The first-order chi connectivity index (χ1) is 7.91. The van der Waals surface area contributed by atoms with E-state index >= 15 is 0 Å². The minimum Gasteiger partial charge on any atom is -0.507 e. The topological polar surface area (TPSA) is 40.5 Å². The van der Waals surface area contributed by atoms with Crippen molar-refractivity contribution in [1.29, 1.82) is 0 Å². The summed E-state index contributed by atoms with van der Waals surface area (Å²) in [6, 6.07) is 8.98. The Labute approximate surface area is 94.9 Å². The van der Waals surface area contributed by atoms with E-state index < -0.39 is 23.6 Å². The van der Waals surface area contributed by atoms with Gasteiger partial charge in [0.1, 0.15) is 5.75 Å². The van der Waals surface area contributed by atoms with Crippen LogP contribution in [0.25, 0.3) is 10.8 Å². The lowest BCUT2D eigenvalue weighted by Gasteiger charge is -2.16. The Morgan fingerprint density at radius 2 is 1.65 bits per heavy atom. The molecule has 0 saturated heterocycles. The van der Waals surface area contributed by atoms with Crippen LogP contribution < -0.4 is 0 Å². The van der Waals surface area contributed by atoms with Crippen LogP contribution >= 0.6 is 0 Å². The number of benzene rings is 2. The van der Waals surface area contributed by atoms with E-state index in [1.165, 1.54) is 12.1 Å². The number of rotatable bonds is 1. The zero-order valence-electron chi connectivity index (χ0n) is 8.57. The van der Waals surface area contributed by atoms with Crippen molar-refractivity contribution in [2.24, 2.45) is 0 Å². The molecule has 0 amide bonds. The van der Waals surface area contributed by atoms with Gasteiger partial charge >= 0.3 is 6.18 Å². The summed E-state index contributed by atoms with van der Waals surface area (Å²) in [4.78, 5) is 0. The van der Waals surface area contributed by atoms with Crippen molar-refractivity contribution in [3.05, 3.63) is 42.0 Å². The van der Waals surface area contributed by atoms with Crippen molar-refractivity contribution in [3.63, 3.8) is 0 Å². The summed E-state index contributed by atoms with van der Waals surface area (Å²) in [6.45, 7) is 0. The predicted octanol–water partition coefficient (Wildman–Crippen LogP) is 3.14. The molecule has 0 aliphatic rings. The standard InChI is InChI=1S/C12H9F3O2/c13-12(14,15)11(17)9-6-5-7-3-1-2-4-8(7)10(9)16/h1-6,11,16-17H. The first kappa shape index (κ1) is 11.7. The summed E-state index contributed by atoms with van der Waals surface area (Å²) < 4.78 is 37.1. The molecule has 0 aliphatic carbocycles. The van der Waals surface area contributed by atoms with Gasteiger partial charge in [-0.25, -0.2) is 0 Å². The third kappa shape index (κ3) is 2.06. The molecule has 1 atom stereocenters. The van der Waals surface area contributed by atoms with Gasteiger partial charge in [-0.15, -0.1) is 0 Å². The van der Waals surface area contributed by atoms with Crippen molar-refractivity contribution >= 4 is 10.8 Å². The van der Waals surface area contributed by atoms with Crippen LogP contribution in [0.15, 0.2) is 36.4 Å². The monoisotopic (exact) mass is 242 g/mol. The second-order valence-electron chi connectivity index (χ2n) is 3.67. The van der Waals surface area contributed by atoms with Crippen molar-refractivity contribution < 1.29 is 23.4 Å². The van der Waals surface area contributed by atoms with Gasteiger partial charge in [0.15, 0.2) is 6.10 Å². The molecule has 1 unspecified atom stereocenters. The van der Waals surface area contributed by atoms with E-state index in [1.807, 2.05) is 0 Å². The lowest BCUT2D eigenvalue weighted by molar-refractivity contribution is -0.207. The fraction of sp³-hybridized carbons (Fsp3) is 0.167. The normalized spacial score (nSPS) is 13.9. The van der Waals surface area contributed by atoms with E-state index in [1.54, 1.807) is 18.2 Å². The zero-order valence-corrected chi connectivity index (χ0v) is 8.57. The van der Waals surface area contributed by atoms with Crippen LogP contribution in [0.2, 0.25) is 0 Å². The predicted molar refractivity (Wildman–Crippen MR) is 56.6 cm³/mol. The van der Waals surface area contributed by atoms with Crippen molar-refractivity contribution in [2.75, 3.05) is 0 Å². The molecule has 17 heavy (non-hydrogen) atoms. The molecule has 0 radical (unpaired) electrons. The molecule has 2 nitrogen and oxygen atoms in total. The van der Waals surface area contributed by atoms with Gasteiger partial charge in [0.2, 0.25) is 0 Å². The quantitative estimate of drug-likeness (QED) is 0.806. The van der Waals surface area contributed by atoms with Crippen LogP contribution in [0.1, 0.15) is 11.7 Å². The molecule has 2 aromatic rings. The number of aliphatic hydroxyl groups is 1. The highest BCUT2D eigenvalue weighted by Crippen LogP contribution is 2.39. The van der Waals surface area contributed by atoms with Crippen LogP contribution in [0, 0.1) is 0 Å². The first-order valence-electron chi connectivity index (χ1n) is 4.86. The Kier molecular flexibility index (Phi) is 2.71. The maximum absolute atomic E-state index is 12.4. The van der Waals surface area contributed by atoms with Crippen LogP contribution in [-0.4, -0.2) is 16.4 Å². The molecule has 0 heterocycles. The van der Waals surface area contributed by atoms with Crippen molar-refractivity contribution in [1.82, 2.24) is 0 Å². The van der Waals surface area contributed by atoms with Gasteiger partial charge < -0.3 is 10.2 Å². The Bertz CT molecular complexity index is 549. The smallest absolute Gasteiger partial charge is 0.418 e. The van der Waals surface area contributed by atoms with Gasteiger partial charge in [0.25, 0.3) is 0 Å². The van der Waals surface area contributed by atoms with Gasteiger partial charge in [-0.3, -0.25) is 0 Å². The Morgan fingerprint density at radius 3 is 2.29 bits per heavy atom. The second-order valence-corrected chi connectivity index (χ2v) is 3.67. The third-order valence-corrected chi connectivity index (χ3v) is 2.54. The molecular weight excluding hydrogens is 233 g/mol. The molecular formula is C12H9F3O2. The second kappa shape index (κ2) is 3.92. The molecule has 5 heteroatoms. The van der Waals surface area contributed by atoms with E-state index in [4.69, 9.17) is 5.11 Å². The zero-order chi connectivity index (χ0) is 12.6. The third-order valence-electron chi connectivity index (χ3n) is 2.54. The largest absolute Gasteiger partial charge is 0.507 e. The summed E-state index contributed by atoms with van der Waals surface area (Å²) in [6.07, 6.45) is -7.47. The van der Waals surface area contributed by atoms with E-state index in [0.29, 0.717) is 5.39 Å². The van der Waals surface area contributed by atoms with E-state index in [0.717, 1.165) is 6.07 Å². The van der Waals surface area contributed by atoms with Gasteiger partial charge in [0.05, 0.1) is 0 Å². The van der Waals surface area contributed by atoms with Crippen molar-refractivity contribution in [2.45, 2.75) is 12.3 Å². The molecule has 2 aromatic carbocycles. The molecule has 0 aliphatic heterocycles. The highest BCUT2D eigenvalue weighted by atomic mass is 19.4. The number of phenols is 1. The van der Waals surface area contributed by atoms with Gasteiger partial charge in [0, 0.05) is 10.9 Å². The number of alkyl halides is 3. The number of halogens is 3. The number of aliphatic hydroxyl groups excluding tert-OH is 1. The number of fused-ring (bicyclic) bond motifs is 1. The van der Waals surface area contributed by atoms with Crippen LogP contribution in [-0.2, 0) is 0 Å². The Morgan fingerprint density at radius 1 is 1.00 bits per heavy atom. The number of aromatic hydroxyl groups is 1. The molecule has 0 saturated carbocycles. The van der Waals surface area contributed by atoms with E-state index in [2.05, 4.69) is 0 Å². The first-order valence-corrected chi connectivity index (χ1v) is 4.86. The van der Waals surface area contributed by atoms with E-state index in [9.17, 15) is 18.3 Å². The highest BCUT2D eigenvalue weighted by Gasteiger charge is 2.40. The van der Waals surface area contributed by atoms with Crippen LogP contribution in [0.3, 0.4) is 0 Å². The molecule has 0 fully saturated rings. The summed E-state index contributed by atoms with van der Waals surface area (Å²) in [7, 11) is 0. The average Bonchev–Trinajstić information content (AvgIpc) is 2.28. The minimum atomic E-state index is -4.79. The number of hydrogen-bond donors (Lipinski definition) is 2. The van der Waals surface area contributed by atoms with Crippen LogP contribution in [0.4, 0.5) is 13.2 Å². The van der Waals surface area contributed by atoms with Gasteiger partial charge in [-0.05, 0) is 5.39 Å². The van der Waals surface area contributed by atoms with Crippen molar-refractivity contribution in [3.8, 4) is 5.75 Å². The summed E-state index contributed by atoms with van der Waals surface area (Å²) in [5, 5.41) is 19.7. The Hall–Kier alpha value is -1.75. The average molecular weight is 242 g/mol. The SMILES string of the molecule is Oc1c(C(O)C(F)(F)F)ccc2ccccc12. The lowest BCUT2D eigenvalue weighted by Crippen LogP contribution is -2.20. The summed E-state index contributed by atoms with van der Waals surface area (Å²) in [5.74, 6) is -0.534. The summed E-state index contributed by atoms with van der Waals surface area (Å²) >= 11 is 0. The molecule has 2 rings (SSSR count). The highest BCUT2D eigenvalue weighted by molar-refractivity contribution is 5.89. The maximum Gasteiger partial charge on any atom is 0.418 e. The number of hydrogen-bond acceptors (Lipinski definition) is 2. The molecule has 2 N–H and O–H groups in total. The summed E-state index contributed by atoms with van der Waals surface area (Å²) in [5.41, 5.74) is -0.531. The molecule has 0 bridgehead atoms. The lowest BCUT2D eigenvalue weighted by atomic mass is 10.0. The number of phenolic OH excluding ortho intramolecular Hbond substituents is 1. The van der Waals surface area contributed by atoms with Gasteiger partial charge in [-0.2, -0.15) is 13.2 Å². The fourth-order valence-electron chi connectivity index (χ4n) is 1.67. The van der Waals surface area contributed by atoms with E-state index in [-0.39, 0.29) is 5.39 Å². The molecule has 0 aromatic heterocycles. The molecule has 90 valence electrons. The fourth-order valence-corrected chi connectivity index (χ4v) is 1.67. The minimum absolute atomic E-state index is 0.285. The Balaban J connectivity index is 2.61. The van der Waals surface area contributed by atoms with Gasteiger partial charge in [-0.1, -0.05) is 36.4 Å². The van der Waals surface area contributed by atoms with Crippen LogP contribution in [0.5, 0.6) is 5.75 Å².